The fourth-order valence-electron chi connectivity index (χ4n) is 1.79. The predicted octanol–water partition coefficient (Wildman–Crippen LogP) is 0.446. The zero-order chi connectivity index (χ0) is 14.6. The highest BCUT2D eigenvalue weighted by atomic mass is 35.5. The molecule has 1 aromatic rings. The molecule has 20 heavy (non-hydrogen) atoms. The Balaban J connectivity index is 1.71. The minimum absolute atomic E-state index is 0.0297. The van der Waals surface area contributed by atoms with Crippen molar-refractivity contribution in [2.45, 2.75) is 12.1 Å². The number of aliphatic hydroxyl groups is 1. The Morgan fingerprint density at radius 2 is 2.25 bits per heavy atom. The lowest BCUT2D eigenvalue weighted by Gasteiger charge is -2.36. The Morgan fingerprint density at radius 1 is 1.50 bits per heavy atom. The van der Waals surface area contributed by atoms with E-state index in [1.54, 1.807) is 12.1 Å². The van der Waals surface area contributed by atoms with E-state index in [1.807, 2.05) is 0 Å². The van der Waals surface area contributed by atoms with Crippen LogP contribution in [0.5, 0.6) is 0 Å². The molecule has 1 amide bonds. The van der Waals surface area contributed by atoms with Gasteiger partial charge in [0.05, 0.1) is 24.8 Å². The molecule has 1 aliphatic heterocycles. The topological polar surface area (TPSA) is 70.6 Å². The van der Waals surface area contributed by atoms with Crippen LogP contribution in [-0.2, 0) is 16.1 Å². The van der Waals surface area contributed by atoms with Crippen LogP contribution in [0.4, 0.5) is 4.39 Å². The van der Waals surface area contributed by atoms with Gasteiger partial charge in [0.25, 0.3) is 0 Å². The molecule has 0 bridgehead atoms. The summed E-state index contributed by atoms with van der Waals surface area (Å²) in [5, 5.41) is 15.1. The van der Waals surface area contributed by atoms with E-state index in [-0.39, 0.29) is 43.8 Å². The van der Waals surface area contributed by atoms with Gasteiger partial charge in [-0.15, -0.1) is 0 Å². The molecule has 0 saturated carbocycles. The standard InChI is InChI=1S/C13H16ClFN2O3/c14-10-3-1-2-9(12(10)15)4-17-11(18)5-16-6-13(19)7-20-8-13/h1-3,16,19H,4-8H2,(H,17,18). The minimum Gasteiger partial charge on any atom is -0.384 e. The van der Waals surface area contributed by atoms with Crippen molar-refractivity contribution in [2.24, 2.45) is 0 Å². The van der Waals surface area contributed by atoms with Crippen LogP contribution in [0.3, 0.4) is 0 Å². The van der Waals surface area contributed by atoms with E-state index in [0.717, 1.165) is 0 Å². The van der Waals surface area contributed by atoms with Gasteiger partial charge in [0.1, 0.15) is 11.4 Å². The third-order valence-corrected chi connectivity index (χ3v) is 3.28. The van der Waals surface area contributed by atoms with Crippen molar-refractivity contribution in [3.8, 4) is 0 Å². The average molecular weight is 303 g/mol. The first-order valence-electron chi connectivity index (χ1n) is 6.21. The number of ether oxygens (including phenoxy) is 1. The lowest BCUT2D eigenvalue weighted by molar-refractivity contribution is -0.174. The summed E-state index contributed by atoms with van der Waals surface area (Å²) in [4.78, 5) is 11.6. The summed E-state index contributed by atoms with van der Waals surface area (Å²) < 4.78 is 18.4. The number of carbonyl (C=O) groups excluding carboxylic acids is 1. The van der Waals surface area contributed by atoms with Gasteiger partial charge < -0.3 is 20.5 Å². The van der Waals surface area contributed by atoms with E-state index < -0.39 is 11.4 Å². The zero-order valence-electron chi connectivity index (χ0n) is 10.8. The summed E-state index contributed by atoms with van der Waals surface area (Å²) in [5.74, 6) is -0.809. The van der Waals surface area contributed by atoms with Gasteiger partial charge in [-0.2, -0.15) is 0 Å². The first-order chi connectivity index (χ1) is 9.50. The number of hydrogen-bond donors (Lipinski definition) is 3. The van der Waals surface area contributed by atoms with Crippen LogP contribution in [0.15, 0.2) is 18.2 Å². The van der Waals surface area contributed by atoms with Crippen LogP contribution in [0.2, 0.25) is 5.02 Å². The summed E-state index contributed by atoms with van der Waals surface area (Å²) in [6.07, 6.45) is 0. The van der Waals surface area contributed by atoms with Crippen molar-refractivity contribution in [1.29, 1.82) is 0 Å². The molecule has 0 atom stereocenters. The average Bonchev–Trinajstić information content (AvgIpc) is 2.38. The van der Waals surface area contributed by atoms with E-state index >= 15 is 0 Å². The first-order valence-corrected chi connectivity index (χ1v) is 6.58. The van der Waals surface area contributed by atoms with E-state index in [4.69, 9.17) is 16.3 Å². The van der Waals surface area contributed by atoms with Crippen LogP contribution in [0.25, 0.3) is 0 Å². The Morgan fingerprint density at radius 3 is 2.90 bits per heavy atom. The Kier molecular flexibility index (Phi) is 4.93. The summed E-state index contributed by atoms with van der Waals surface area (Å²) in [5.41, 5.74) is -0.545. The van der Waals surface area contributed by atoms with Gasteiger partial charge in [-0.05, 0) is 6.07 Å². The summed E-state index contributed by atoms with van der Waals surface area (Å²) >= 11 is 5.65. The van der Waals surface area contributed by atoms with Crippen molar-refractivity contribution >= 4 is 17.5 Å². The third kappa shape index (κ3) is 3.89. The molecule has 0 aliphatic carbocycles. The molecular weight excluding hydrogens is 287 g/mol. The molecule has 0 spiro atoms. The van der Waals surface area contributed by atoms with Crippen LogP contribution in [-0.4, -0.2) is 42.9 Å². The number of benzene rings is 1. The normalized spacial score (nSPS) is 16.6. The highest BCUT2D eigenvalue weighted by Gasteiger charge is 2.35. The molecule has 110 valence electrons. The molecule has 1 saturated heterocycles. The van der Waals surface area contributed by atoms with Crippen LogP contribution in [0.1, 0.15) is 5.56 Å². The highest BCUT2D eigenvalue weighted by molar-refractivity contribution is 6.30. The minimum atomic E-state index is -0.876. The first kappa shape index (κ1) is 15.2. The van der Waals surface area contributed by atoms with E-state index in [0.29, 0.717) is 5.56 Å². The maximum absolute atomic E-state index is 13.6. The van der Waals surface area contributed by atoms with Crippen molar-refractivity contribution in [1.82, 2.24) is 10.6 Å². The van der Waals surface area contributed by atoms with Crippen molar-refractivity contribution in [3.63, 3.8) is 0 Å². The Labute approximate surface area is 121 Å². The monoisotopic (exact) mass is 302 g/mol. The van der Waals surface area contributed by atoms with Crippen molar-refractivity contribution in [3.05, 3.63) is 34.6 Å². The summed E-state index contributed by atoms with van der Waals surface area (Å²) in [6, 6.07) is 4.63. The SMILES string of the molecule is O=C(CNCC1(O)COC1)NCc1cccc(Cl)c1F. The van der Waals surface area contributed by atoms with E-state index in [1.165, 1.54) is 6.07 Å². The molecule has 0 aromatic heterocycles. The maximum Gasteiger partial charge on any atom is 0.234 e. The number of hydrogen-bond acceptors (Lipinski definition) is 4. The maximum atomic E-state index is 13.6. The second kappa shape index (κ2) is 6.49. The molecule has 2 rings (SSSR count). The number of amides is 1. The quantitative estimate of drug-likeness (QED) is 0.713. The van der Waals surface area contributed by atoms with Crippen LogP contribution in [0, 0.1) is 5.82 Å². The number of carbonyl (C=O) groups is 1. The number of nitrogens with one attached hydrogen (secondary N) is 2. The van der Waals surface area contributed by atoms with Crippen LogP contribution >= 0.6 is 11.6 Å². The lowest BCUT2D eigenvalue weighted by atomic mass is 10.0. The molecule has 1 fully saturated rings. The highest BCUT2D eigenvalue weighted by Crippen LogP contribution is 2.17. The molecule has 7 heteroatoms. The van der Waals surface area contributed by atoms with Gasteiger partial charge in [0.15, 0.2) is 0 Å². The molecule has 5 nitrogen and oxygen atoms in total. The Bertz CT molecular complexity index is 495. The van der Waals surface area contributed by atoms with Crippen molar-refractivity contribution in [2.75, 3.05) is 26.3 Å². The molecule has 3 N–H and O–H groups in total. The molecule has 1 heterocycles. The fraction of sp³-hybridized carbons (Fsp3) is 0.462. The lowest BCUT2D eigenvalue weighted by Crippen LogP contribution is -2.57. The van der Waals surface area contributed by atoms with E-state index in [2.05, 4.69) is 10.6 Å². The largest absolute Gasteiger partial charge is 0.384 e. The second-order valence-electron chi connectivity index (χ2n) is 4.81. The van der Waals surface area contributed by atoms with E-state index in [9.17, 15) is 14.3 Å². The summed E-state index contributed by atoms with van der Waals surface area (Å²) in [6.45, 7) is 0.946. The van der Waals surface area contributed by atoms with Crippen LogP contribution < -0.4 is 10.6 Å². The third-order valence-electron chi connectivity index (χ3n) is 2.99. The van der Waals surface area contributed by atoms with Gasteiger partial charge in [0, 0.05) is 18.7 Å². The molecule has 1 aromatic carbocycles. The fourth-order valence-corrected chi connectivity index (χ4v) is 1.98. The number of rotatable bonds is 6. The zero-order valence-corrected chi connectivity index (χ0v) is 11.5. The summed E-state index contributed by atoms with van der Waals surface area (Å²) in [7, 11) is 0. The predicted molar refractivity (Wildman–Crippen MR) is 71.9 cm³/mol. The Hall–Kier alpha value is -1.21. The van der Waals surface area contributed by atoms with Gasteiger partial charge in [0.2, 0.25) is 5.91 Å². The second-order valence-corrected chi connectivity index (χ2v) is 5.22. The van der Waals surface area contributed by atoms with Gasteiger partial charge in [-0.25, -0.2) is 4.39 Å². The van der Waals surface area contributed by atoms with Gasteiger partial charge >= 0.3 is 0 Å². The molecule has 1 aliphatic rings. The molecule has 0 unspecified atom stereocenters. The van der Waals surface area contributed by atoms with Gasteiger partial charge in [-0.1, -0.05) is 23.7 Å². The number of halogens is 2. The van der Waals surface area contributed by atoms with Crippen molar-refractivity contribution < 1.29 is 19.0 Å². The van der Waals surface area contributed by atoms with Gasteiger partial charge in [-0.3, -0.25) is 4.79 Å². The molecule has 0 radical (unpaired) electrons. The smallest absolute Gasteiger partial charge is 0.234 e. The molecular formula is C13H16ClFN2O3.